The number of rotatable bonds is 4. The highest BCUT2D eigenvalue weighted by atomic mass is 16.6. The molecule has 0 aromatic heterocycles. The molecule has 116 valence electrons. The number of aliphatic carboxylic acids is 1. The average Bonchev–Trinajstić information content (AvgIpc) is 2.53. The number of likely N-dealkylation sites (N-methyl/N-ethyl adjacent to an activating group) is 1. The summed E-state index contributed by atoms with van der Waals surface area (Å²) >= 11 is 0. The first-order valence-corrected chi connectivity index (χ1v) is 5.62. The second-order valence-electron chi connectivity index (χ2n) is 5.13. The van der Waals surface area contributed by atoms with Crippen molar-refractivity contribution in [2.24, 2.45) is 0 Å². The lowest BCUT2D eigenvalue weighted by Gasteiger charge is -2.23. The van der Waals surface area contributed by atoms with Crippen molar-refractivity contribution in [1.29, 1.82) is 0 Å². The monoisotopic (exact) mass is 293 g/mol. The maximum atomic E-state index is 10.5. The third-order valence-corrected chi connectivity index (χ3v) is 2.08. The maximum Gasteiger partial charge on any atom is 0.377 e. The second-order valence-corrected chi connectivity index (χ2v) is 5.13. The number of carbonyl (C=O) groups is 2. The Kier molecular flexibility index (Phi) is 6.43. The molecule has 9 heteroatoms. The zero-order chi connectivity index (χ0) is 16.1. The summed E-state index contributed by atoms with van der Waals surface area (Å²) in [6.07, 6.45) is -2.78. The Morgan fingerprint density at radius 1 is 1.40 bits per heavy atom. The van der Waals surface area contributed by atoms with E-state index in [-0.39, 0.29) is 6.54 Å². The summed E-state index contributed by atoms with van der Waals surface area (Å²) in [6.45, 7) is -0.602. The predicted molar refractivity (Wildman–Crippen MR) is 63.2 cm³/mol. The van der Waals surface area contributed by atoms with Gasteiger partial charge in [0.1, 0.15) is 12.6 Å². The third-order valence-electron chi connectivity index (χ3n) is 2.08. The number of cyclic esters (lactones) is 1. The van der Waals surface area contributed by atoms with Crippen molar-refractivity contribution in [3.05, 3.63) is 11.5 Å². The van der Waals surface area contributed by atoms with Crippen LogP contribution in [-0.2, 0) is 14.3 Å². The molecule has 2 atom stereocenters. The van der Waals surface area contributed by atoms with Gasteiger partial charge in [-0.1, -0.05) is 0 Å². The molecule has 0 aromatic rings. The number of carbonyl (C=O) groups excluding carboxylic acids is 2. The molecule has 1 heterocycles. The smallest absolute Gasteiger partial charge is 0.377 e. The maximum absolute atomic E-state index is 10.5. The van der Waals surface area contributed by atoms with Crippen LogP contribution in [-0.4, -0.2) is 83.4 Å². The number of esters is 1. The molecule has 0 bridgehead atoms. The molecule has 0 radical (unpaired) electrons. The first-order chi connectivity index (χ1) is 8.99. The van der Waals surface area contributed by atoms with Gasteiger partial charge in [0.25, 0.3) is 0 Å². The lowest BCUT2D eigenvalue weighted by molar-refractivity contribution is -0.864. The minimum absolute atomic E-state index is 0.0694. The van der Waals surface area contributed by atoms with Crippen molar-refractivity contribution in [2.75, 3.05) is 34.3 Å². The fraction of sp³-hybridized carbons (Fsp3) is 0.636. The summed E-state index contributed by atoms with van der Waals surface area (Å²) in [6, 6.07) is 0. The number of aliphatic hydroxyl groups is 4. The van der Waals surface area contributed by atoms with Crippen molar-refractivity contribution >= 4 is 11.9 Å². The Balaban J connectivity index is 0.000000396. The van der Waals surface area contributed by atoms with Crippen LogP contribution in [0.2, 0.25) is 0 Å². The topological polar surface area (TPSA) is 147 Å². The lowest BCUT2D eigenvalue weighted by Crippen LogP contribution is -2.45. The predicted octanol–water partition coefficient (Wildman–Crippen LogP) is -2.96. The molecule has 0 spiro atoms. The molecular formula is C11H19NO8. The van der Waals surface area contributed by atoms with Crippen LogP contribution in [0.15, 0.2) is 11.5 Å². The number of carboxylic acid groups (broad SMARTS) is 1. The summed E-state index contributed by atoms with van der Waals surface area (Å²) in [7, 11) is 5.40. The molecule has 0 aromatic carbocycles. The quantitative estimate of drug-likeness (QED) is 0.317. The lowest BCUT2D eigenvalue weighted by atomic mass is 10.2. The van der Waals surface area contributed by atoms with E-state index in [4.69, 9.17) is 20.4 Å². The van der Waals surface area contributed by atoms with Crippen molar-refractivity contribution in [1.82, 2.24) is 0 Å². The van der Waals surface area contributed by atoms with Crippen LogP contribution >= 0.6 is 0 Å². The minimum Gasteiger partial charge on any atom is -0.544 e. The highest BCUT2D eigenvalue weighted by Crippen LogP contribution is 2.20. The molecular weight excluding hydrogens is 274 g/mol. The Hall–Kier alpha value is -1.84. The normalized spacial score (nSPS) is 20.1. The zero-order valence-electron chi connectivity index (χ0n) is 11.4. The molecule has 0 amide bonds. The third kappa shape index (κ3) is 5.87. The summed E-state index contributed by atoms with van der Waals surface area (Å²) in [5, 5.41) is 44.9. The van der Waals surface area contributed by atoms with Gasteiger partial charge in [0, 0.05) is 0 Å². The van der Waals surface area contributed by atoms with Gasteiger partial charge in [0.15, 0.2) is 11.9 Å². The van der Waals surface area contributed by atoms with Gasteiger partial charge in [0.2, 0.25) is 5.76 Å². The molecule has 0 unspecified atom stereocenters. The van der Waals surface area contributed by atoms with Crippen LogP contribution in [0.3, 0.4) is 0 Å². The van der Waals surface area contributed by atoms with Gasteiger partial charge in [-0.25, -0.2) is 4.79 Å². The minimum atomic E-state index is -1.42. The first-order valence-electron chi connectivity index (χ1n) is 5.62. The van der Waals surface area contributed by atoms with E-state index in [1.807, 2.05) is 0 Å². The highest BCUT2D eigenvalue weighted by molar-refractivity contribution is 5.89. The molecule has 1 aliphatic rings. The van der Waals surface area contributed by atoms with Gasteiger partial charge in [0.05, 0.1) is 33.7 Å². The Labute approximate surface area is 115 Å². The number of quaternary nitrogens is 1. The van der Waals surface area contributed by atoms with Crippen LogP contribution in [0, 0.1) is 0 Å². The molecule has 4 N–H and O–H groups in total. The molecule has 0 saturated carbocycles. The van der Waals surface area contributed by atoms with E-state index in [0.717, 1.165) is 0 Å². The fourth-order valence-electron chi connectivity index (χ4n) is 1.21. The van der Waals surface area contributed by atoms with E-state index in [1.165, 1.54) is 0 Å². The number of aliphatic hydroxyl groups excluding tert-OH is 4. The molecule has 0 saturated heterocycles. The zero-order valence-corrected chi connectivity index (χ0v) is 11.4. The van der Waals surface area contributed by atoms with Crippen molar-refractivity contribution in [3.8, 4) is 0 Å². The van der Waals surface area contributed by atoms with E-state index in [2.05, 4.69) is 4.74 Å². The van der Waals surface area contributed by atoms with Crippen LogP contribution in [0.4, 0.5) is 0 Å². The van der Waals surface area contributed by atoms with Gasteiger partial charge >= 0.3 is 5.97 Å². The SMILES string of the molecule is C[N+](C)(C)CC(=O)[O-].O=C1O[C@H]([C@@H](O)CO)C(O)=C1O. The summed E-state index contributed by atoms with van der Waals surface area (Å²) < 4.78 is 4.73. The Morgan fingerprint density at radius 3 is 2.10 bits per heavy atom. The molecule has 1 aliphatic heterocycles. The molecule has 0 fully saturated rings. The van der Waals surface area contributed by atoms with Gasteiger partial charge in [-0.15, -0.1) is 0 Å². The van der Waals surface area contributed by atoms with E-state index in [1.54, 1.807) is 21.1 Å². The molecule has 9 nitrogen and oxygen atoms in total. The van der Waals surface area contributed by atoms with Crippen molar-refractivity contribution in [2.45, 2.75) is 12.2 Å². The number of hydrogen-bond donors (Lipinski definition) is 4. The van der Waals surface area contributed by atoms with Crippen LogP contribution in [0.25, 0.3) is 0 Å². The van der Waals surface area contributed by atoms with E-state index >= 15 is 0 Å². The van der Waals surface area contributed by atoms with Gasteiger partial charge in [-0.2, -0.15) is 0 Å². The summed E-state index contributed by atoms with van der Waals surface area (Å²) in [5.41, 5.74) is 0. The molecule has 1 rings (SSSR count). The Bertz CT molecular complexity index is 398. The number of ether oxygens (including phenoxy) is 1. The number of carboxylic acids is 1. The van der Waals surface area contributed by atoms with E-state index in [9.17, 15) is 14.7 Å². The second kappa shape index (κ2) is 7.08. The fourth-order valence-corrected chi connectivity index (χ4v) is 1.21. The summed E-state index contributed by atoms with van der Waals surface area (Å²) in [4.78, 5) is 20.4. The molecule has 20 heavy (non-hydrogen) atoms. The molecule has 0 aliphatic carbocycles. The van der Waals surface area contributed by atoms with E-state index in [0.29, 0.717) is 4.48 Å². The van der Waals surface area contributed by atoms with Crippen molar-refractivity contribution < 1.29 is 44.3 Å². The van der Waals surface area contributed by atoms with Gasteiger partial charge in [-0.05, 0) is 0 Å². The standard InChI is InChI=1S/C6H8O6.C5H11NO2/c7-1-2(8)5-3(9)4(10)6(11)12-5;1-6(2,3)4-5(7)8/h2,5,7-10H,1H2;4H2,1-3H3/t2-,5+;/m0./s1. The van der Waals surface area contributed by atoms with Crippen LogP contribution in [0.5, 0.6) is 0 Å². The Morgan fingerprint density at radius 2 is 1.90 bits per heavy atom. The average molecular weight is 293 g/mol. The first kappa shape index (κ1) is 18.2. The largest absolute Gasteiger partial charge is 0.544 e. The van der Waals surface area contributed by atoms with Crippen LogP contribution < -0.4 is 5.11 Å². The highest BCUT2D eigenvalue weighted by Gasteiger charge is 2.38. The number of nitrogens with zero attached hydrogens (tertiary/aromatic N) is 1. The van der Waals surface area contributed by atoms with E-state index < -0.39 is 42.3 Å². The van der Waals surface area contributed by atoms with Crippen LogP contribution in [0.1, 0.15) is 0 Å². The summed E-state index contributed by atoms with van der Waals surface area (Å²) in [5.74, 6) is -3.78. The number of hydrogen-bond acceptors (Lipinski definition) is 8. The van der Waals surface area contributed by atoms with Gasteiger partial charge < -0.3 is 39.5 Å². The van der Waals surface area contributed by atoms with Gasteiger partial charge in [-0.3, -0.25) is 0 Å². The van der Waals surface area contributed by atoms with Crippen molar-refractivity contribution in [3.63, 3.8) is 0 Å².